The van der Waals surface area contributed by atoms with E-state index < -0.39 is 0 Å². The van der Waals surface area contributed by atoms with Gasteiger partial charge in [-0.1, -0.05) is 13.8 Å². The molecule has 3 rings (SSSR count). The number of aryl methyl sites for hydroxylation is 1. The first kappa shape index (κ1) is 15.0. The van der Waals surface area contributed by atoms with Crippen LogP contribution in [0.3, 0.4) is 0 Å². The lowest BCUT2D eigenvalue weighted by molar-refractivity contribution is 0.392. The van der Waals surface area contributed by atoms with Crippen molar-refractivity contribution < 1.29 is 0 Å². The number of nitrogens with one attached hydrogen (secondary N) is 1. The number of hydrogen-bond donors (Lipinski definition) is 1. The number of imidazole rings is 1. The van der Waals surface area contributed by atoms with Crippen LogP contribution in [0.25, 0.3) is 5.52 Å². The summed E-state index contributed by atoms with van der Waals surface area (Å²) in [6, 6.07) is 0.113. The first-order valence-electron chi connectivity index (χ1n) is 7.93. The molecule has 0 spiro atoms. The maximum atomic E-state index is 12.8. The van der Waals surface area contributed by atoms with E-state index in [0.29, 0.717) is 11.4 Å². The Bertz CT molecular complexity index is 725. The van der Waals surface area contributed by atoms with Crippen LogP contribution in [0.1, 0.15) is 32.5 Å². The SMILES string of the molecule is Cc1nc(N2CCNCC2)n2ncn(C(C)C(C)C)c(=O)c12. The average Bonchev–Trinajstić information content (AvgIpc) is 2.85. The van der Waals surface area contributed by atoms with Crippen LogP contribution in [-0.4, -0.2) is 45.3 Å². The Hall–Kier alpha value is -1.89. The summed E-state index contributed by atoms with van der Waals surface area (Å²) in [5.74, 6) is 1.15. The van der Waals surface area contributed by atoms with Gasteiger partial charge < -0.3 is 10.2 Å². The smallest absolute Gasteiger partial charge is 0.279 e. The van der Waals surface area contributed by atoms with Gasteiger partial charge in [0.25, 0.3) is 5.56 Å². The van der Waals surface area contributed by atoms with Crippen molar-refractivity contribution in [2.75, 3.05) is 31.1 Å². The molecule has 1 N–H and O–H groups in total. The maximum Gasteiger partial charge on any atom is 0.279 e. The minimum absolute atomic E-state index is 0.0115. The van der Waals surface area contributed by atoms with E-state index >= 15 is 0 Å². The minimum atomic E-state index is -0.0115. The Labute approximate surface area is 130 Å². The second kappa shape index (κ2) is 5.72. The van der Waals surface area contributed by atoms with Gasteiger partial charge in [0.2, 0.25) is 5.95 Å². The van der Waals surface area contributed by atoms with Crippen molar-refractivity contribution in [1.29, 1.82) is 0 Å². The van der Waals surface area contributed by atoms with Crippen molar-refractivity contribution in [1.82, 2.24) is 24.5 Å². The zero-order valence-electron chi connectivity index (χ0n) is 13.7. The second-order valence-corrected chi connectivity index (χ2v) is 6.32. The largest absolute Gasteiger partial charge is 0.338 e. The Balaban J connectivity index is 2.12. The molecule has 1 aliphatic heterocycles. The molecule has 0 aliphatic carbocycles. The number of hydrogen-bond acceptors (Lipinski definition) is 5. The molecule has 120 valence electrons. The molecule has 1 atom stereocenters. The summed E-state index contributed by atoms with van der Waals surface area (Å²) in [6.45, 7) is 11.8. The summed E-state index contributed by atoms with van der Waals surface area (Å²) < 4.78 is 3.42. The van der Waals surface area contributed by atoms with Crippen LogP contribution in [0.15, 0.2) is 11.1 Å². The Morgan fingerprint density at radius 3 is 2.55 bits per heavy atom. The molecule has 0 bridgehead atoms. The van der Waals surface area contributed by atoms with E-state index in [9.17, 15) is 4.79 Å². The fourth-order valence-corrected chi connectivity index (χ4v) is 2.82. The highest BCUT2D eigenvalue weighted by molar-refractivity contribution is 5.56. The lowest BCUT2D eigenvalue weighted by atomic mass is 10.1. The molecule has 1 fully saturated rings. The number of piperazine rings is 1. The fourth-order valence-electron chi connectivity index (χ4n) is 2.82. The van der Waals surface area contributed by atoms with E-state index in [1.807, 2.05) is 13.8 Å². The van der Waals surface area contributed by atoms with Crippen molar-refractivity contribution >= 4 is 11.5 Å². The lowest BCUT2D eigenvalue weighted by Gasteiger charge is -2.27. The topological polar surface area (TPSA) is 67.5 Å². The predicted molar refractivity (Wildman–Crippen MR) is 86.6 cm³/mol. The van der Waals surface area contributed by atoms with Gasteiger partial charge in [0.15, 0.2) is 5.52 Å². The standard InChI is InChI=1S/C15H24N6O/c1-10(2)12(4)20-9-17-21-13(14(20)22)11(3)18-15(21)19-7-5-16-6-8-19/h9-10,12,16H,5-8H2,1-4H3. The molecule has 2 aromatic heterocycles. The summed E-state index contributed by atoms with van der Waals surface area (Å²) in [5, 5.41) is 7.82. The summed E-state index contributed by atoms with van der Waals surface area (Å²) in [5.41, 5.74) is 1.32. The Kier molecular flexibility index (Phi) is 3.90. The quantitative estimate of drug-likeness (QED) is 0.909. The van der Waals surface area contributed by atoms with E-state index in [0.717, 1.165) is 37.8 Å². The molecule has 7 heteroatoms. The molecule has 0 radical (unpaired) electrons. The van der Waals surface area contributed by atoms with Crippen LogP contribution in [0, 0.1) is 12.8 Å². The molecule has 3 heterocycles. The van der Waals surface area contributed by atoms with Gasteiger partial charge in [-0.3, -0.25) is 9.36 Å². The van der Waals surface area contributed by atoms with Crippen molar-refractivity contribution in [2.24, 2.45) is 5.92 Å². The van der Waals surface area contributed by atoms with Gasteiger partial charge >= 0.3 is 0 Å². The van der Waals surface area contributed by atoms with Gasteiger partial charge in [-0.15, -0.1) is 0 Å². The number of aromatic nitrogens is 4. The number of fused-ring (bicyclic) bond motifs is 1. The normalized spacial score (nSPS) is 17.4. The highest BCUT2D eigenvalue weighted by atomic mass is 16.1. The molecule has 1 aliphatic rings. The molecule has 7 nitrogen and oxygen atoms in total. The van der Waals surface area contributed by atoms with Gasteiger partial charge in [-0.2, -0.15) is 9.61 Å². The molecule has 22 heavy (non-hydrogen) atoms. The van der Waals surface area contributed by atoms with Crippen LogP contribution in [0.2, 0.25) is 0 Å². The van der Waals surface area contributed by atoms with Crippen molar-refractivity contribution in [3.05, 3.63) is 22.4 Å². The summed E-state index contributed by atoms with van der Waals surface area (Å²) in [7, 11) is 0. The minimum Gasteiger partial charge on any atom is -0.338 e. The molecule has 1 unspecified atom stereocenters. The molecule has 0 saturated carbocycles. The summed E-state index contributed by atoms with van der Waals surface area (Å²) >= 11 is 0. The van der Waals surface area contributed by atoms with Crippen molar-refractivity contribution in [2.45, 2.75) is 33.7 Å². The summed E-state index contributed by atoms with van der Waals surface area (Å²) in [4.78, 5) is 19.6. The van der Waals surface area contributed by atoms with Gasteiger partial charge in [-0.05, 0) is 19.8 Å². The second-order valence-electron chi connectivity index (χ2n) is 6.32. The predicted octanol–water partition coefficient (Wildman–Crippen LogP) is 0.826. The molecular weight excluding hydrogens is 280 g/mol. The van der Waals surface area contributed by atoms with E-state index in [-0.39, 0.29) is 11.6 Å². The molecule has 0 aromatic carbocycles. The monoisotopic (exact) mass is 304 g/mol. The highest BCUT2D eigenvalue weighted by Gasteiger charge is 2.22. The first-order valence-corrected chi connectivity index (χ1v) is 7.93. The van der Waals surface area contributed by atoms with Crippen LogP contribution >= 0.6 is 0 Å². The highest BCUT2D eigenvalue weighted by Crippen LogP contribution is 2.19. The first-order chi connectivity index (χ1) is 10.5. The van der Waals surface area contributed by atoms with Gasteiger partial charge in [-0.25, -0.2) is 4.98 Å². The zero-order valence-corrected chi connectivity index (χ0v) is 13.7. The molecular formula is C15H24N6O. The van der Waals surface area contributed by atoms with Gasteiger partial charge in [0.1, 0.15) is 6.33 Å². The Morgan fingerprint density at radius 1 is 1.23 bits per heavy atom. The van der Waals surface area contributed by atoms with Crippen LogP contribution in [-0.2, 0) is 0 Å². The van der Waals surface area contributed by atoms with Crippen LogP contribution in [0.4, 0.5) is 5.95 Å². The third-order valence-corrected chi connectivity index (χ3v) is 4.54. The number of nitrogens with zero attached hydrogens (tertiary/aromatic N) is 5. The summed E-state index contributed by atoms with van der Waals surface area (Å²) in [6.07, 6.45) is 1.65. The van der Waals surface area contributed by atoms with Crippen molar-refractivity contribution in [3.63, 3.8) is 0 Å². The molecule has 2 aromatic rings. The zero-order chi connectivity index (χ0) is 15.9. The third kappa shape index (κ3) is 2.39. The third-order valence-electron chi connectivity index (χ3n) is 4.54. The van der Waals surface area contributed by atoms with E-state index in [1.54, 1.807) is 15.4 Å². The molecule has 0 amide bonds. The van der Waals surface area contributed by atoms with Gasteiger partial charge in [0, 0.05) is 32.2 Å². The average molecular weight is 304 g/mol. The number of anilines is 1. The van der Waals surface area contributed by atoms with Crippen LogP contribution in [0.5, 0.6) is 0 Å². The lowest BCUT2D eigenvalue weighted by Crippen LogP contribution is -2.44. The molecule has 1 saturated heterocycles. The van der Waals surface area contributed by atoms with E-state index in [4.69, 9.17) is 0 Å². The van der Waals surface area contributed by atoms with E-state index in [1.165, 1.54) is 0 Å². The van der Waals surface area contributed by atoms with Crippen molar-refractivity contribution in [3.8, 4) is 0 Å². The van der Waals surface area contributed by atoms with Gasteiger partial charge in [0.05, 0.1) is 5.69 Å². The van der Waals surface area contributed by atoms with Crippen LogP contribution < -0.4 is 15.8 Å². The maximum absolute atomic E-state index is 12.8. The number of rotatable bonds is 3. The fraction of sp³-hybridized carbons (Fsp3) is 0.667. The van der Waals surface area contributed by atoms with E-state index in [2.05, 4.69) is 34.1 Å². The Morgan fingerprint density at radius 2 is 1.91 bits per heavy atom.